The van der Waals surface area contributed by atoms with Gasteiger partial charge in [-0.05, 0) is 49.7 Å². The third kappa shape index (κ3) is 3.09. The zero-order valence-electron chi connectivity index (χ0n) is 11.8. The lowest BCUT2D eigenvalue weighted by Crippen LogP contribution is -2.05. The summed E-state index contributed by atoms with van der Waals surface area (Å²) in [4.78, 5) is 10.9. The van der Waals surface area contributed by atoms with Gasteiger partial charge in [0.1, 0.15) is 5.75 Å². The number of benzene rings is 1. The molecule has 0 bridgehead atoms. The maximum Gasteiger partial charge on any atom is 0.306 e. The first-order chi connectivity index (χ1) is 9.06. The topological polar surface area (TPSA) is 46.5 Å². The smallest absolute Gasteiger partial charge is 0.306 e. The number of carboxylic acid groups (broad SMARTS) is 1. The Morgan fingerprint density at radius 2 is 2.26 bits per heavy atom. The summed E-state index contributed by atoms with van der Waals surface area (Å²) in [5.74, 6) is 0.891. The molecule has 0 aromatic heterocycles. The van der Waals surface area contributed by atoms with Crippen molar-refractivity contribution in [3.63, 3.8) is 0 Å². The van der Waals surface area contributed by atoms with E-state index in [1.807, 2.05) is 12.1 Å². The van der Waals surface area contributed by atoms with Crippen molar-refractivity contribution in [3.05, 3.63) is 29.3 Å². The fourth-order valence-electron chi connectivity index (χ4n) is 2.86. The molecule has 1 aromatic carbocycles. The number of ether oxygens (including phenoxy) is 1. The lowest BCUT2D eigenvalue weighted by molar-refractivity contribution is -0.138. The van der Waals surface area contributed by atoms with Crippen LogP contribution in [0.1, 0.15) is 43.2 Å². The van der Waals surface area contributed by atoms with Crippen molar-refractivity contribution >= 4 is 5.97 Å². The number of aliphatic carboxylic acids is 1. The zero-order valence-corrected chi connectivity index (χ0v) is 11.8. The summed E-state index contributed by atoms with van der Waals surface area (Å²) in [6, 6.07) is 6.23. The third-order valence-electron chi connectivity index (χ3n) is 4.14. The molecule has 0 heterocycles. The standard InChI is InChI=1S/C16H22O3/c1-4-11(8-12-9-14(12)16(17)18)13-7-10(2)5-6-15(13)19-3/h5-7,11-12,14H,4,8-9H2,1-3H3,(H,17,18). The van der Waals surface area contributed by atoms with Gasteiger partial charge in [0, 0.05) is 0 Å². The number of carbonyl (C=O) groups is 1. The molecule has 3 unspecified atom stereocenters. The van der Waals surface area contributed by atoms with Crippen LogP contribution in [-0.2, 0) is 4.79 Å². The van der Waals surface area contributed by atoms with Crippen LogP contribution in [0.2, 0.25) is 0 Å². The predicted molar refractivity (Wildman–Crippen MR) is 74.6 cm³/mol. The number of hydrogen-bond donors (Lipinski definition) is 1. The quantitative estimate of drug-likeness (QED) is 0.852. The van der Waals surface area contributed by atoms with Crippen LogP contribution in [0, 0.1) is 18.8 Å². The molecule has 3 atom stereocenters. The molecule has 1 N–H and O–H groups in total. The van der Waals surface area contributed by atoms with Gasteiger partial charge in [-0.1, -0.05) is 24.6 Å². The summed E-state index contributed by atoms with van der Waals surface area (Å²) >= 11 is 0. The van der Waals surface area contributed by atoms with E-state index in [-0.39, 0.29) is 5.92 Å². The normalized spacial score (nSPS) is 22.9. The fourth-order valence-corrected chi connectivity index (χ4v) is 2.86. The van der Waals surface area contributed by atoms with E-state index in [4.69, 9.17) is 9.84 Å². The van der Waals surface area contributed by atoms with Crippen LogP contribution >= 0.6 is 0 Å². The summed E-state index contributed by atoms with van der Waals surface area (Å²) < 4.78 is 5.44. The first kappa shape index (κ1) is 13.9. The largest absolute Gasteiger partial charge is 0.496 e. The predicted octanol–water partition coefficient (Wildman–Crippen LogP) is 3.61. The monoisotopic (exact) mass is 262 g/mol. The Hall–Kier alpha value is -1.51. The van der Waals surface area contributed by atoms with Crippen molar-refractivity contribution in [2.24, 2.45) is 11.8 Å². The minimum Gasteiger partial charge on any atom is -0.496 e. The molecule has 1 aliphatic rings. The number of methoxy groups -OCH3 is 1. The highest BCUT2D eigenvalue weighted by atomic mass is 16.5. The molecular formula is C16H22O3. The Morgan fingerprint density at radius 3 is 2.79 bits per heavy atom. The van der Waals surface area contributed by atoms with Crippen LogP contribution in [0.4, 0.5) is 0 Å². The lowest BCUT2D eigenvalue weighted by atomic mass is 9.89. The van der Waals surface area contributed by atoms with Crippen LogP contribution in [0.15, 0.2) is 18.2 Å². The van der Waals surface area contributed by atoms with Gasteiger partial charge in [0.05, 0.1) is 13.0 Å². The second-order valence-electron chi connectivity index (χ2n) is 5.53. The van der Waals surface area contributed by atoms with Gasteiger partial charge >= 0.3 is 5.97 Å². The van der Waals surface area contributed by atoms with Gasteiger partial charge < -0.3 is 9.84 Å². The third-order valence-corrected chi connectivity index (χ3v) is 4.14. The summed E-state index contributed by atoms with van der Waals surface area (Å²) in [5, 5.41) is 9.00. The lowest BCUT2D eigenvalue weighted by Gasteiger charge is -2.19. The molecular weight excluding hydrogens is 240 g/mol. The van der Waals surface area contributed by atoms with Crippen LogP contribution in [0.5, 0.6) is 5.75 Å². The van der Waals surface area contributed by atoms with Crippen molar-refractivity contribution in [3.8, 4) is 5.75 Å². The van der Waals surface area contributed by atoms with Gasteiger partial charge in [0.25, 0.3) is 0 Å². The average molecular weight is 262 g/mol. The van der Waals surface area contributed by atoms with Gasteiger partial charge in [0.15, 0.2) is 0 Å². The van der Waals surface area contributed by atoms with E-state index in [1.165, 1.54) is 11.1 Å². The Kier molecular flexibility index (Phi) is 4.13. The summed E-state index contributed by atoms with van der Waals surface area (Å²) in [7, 11) is 1.69. The number of aryl methyl sites for hydroxylation is 1. The number of rotatable bonds is 6. The SMILES string of the molecule is CCC(CC1CC1C(=O)O)c1cc(C)ccc1OC. The van der Waals surface area contributed by atoms with Crippen LogP contribution in [0.3, 0.4) is 0 Å². The molecule has 1 aromatic rings. The van der Waals surface area contributed by atoms with Crippen LogP contribution in [-0.4, -0.2) is 18.2 Å². The van der Waals surface area contributed by atoms with Crippen molar-refractivity contribution in [1.29, 1.82) is 0 Å². The molecule has 0 aliphatic heterocycles. The van der Waals surface area contributed by atoms with E-state index in [0.717, 1.165) is 25.0 Å². The van der Waals surface area contributed by atoms with Gasteiger partial charge in [0.2, 0.25) is 0 Å². The van der Waals surface area contributed by atoms with E-state index in [2.05, 4.69) is 19.9 Å². The first-order valence-corrected chi connectivity index (χ1v) is 6.94. The molecule has 2 rings (SSSR count). The van der Waals surface area contributed by atoms with Gasteiger partial charge in [-0.2, -0.15) is 0 Å². The molecule has 1 fully saturated rings. The Morgan fingerprint density at radius 1 is 1.53 bits per heavy atom. The van der Waals surface area contributed by atoms with E-state index in [9.17, 15) is 4.79 Å². The Bertz CT molecular complexity index is 467. The number of hydrogen-bond acceptors (Lipinski definition) is 2. The number of carboxylic acids is 1. The molecule has 0 amide bonds. The highest BCUT2D eigenvalue weighted by Crippen LogP contribution is 2.47. The zero-order chi connectivity index (χ0) is 14.0. The molecule has 1 saturated carbocycles. The highest BCUT2D eigenvalue weighted by molar-refractivity contribution is 5.73. The average Bonchev–Trinajstić information content (AvgIpc) is 3.15. The van der Waals surface area contributed by atoms with Crippen molar-refractivity contribution in [1.82, 2.24) is 0 Å². The van der Waals surface area contributed by atoms with E-state index in [1.54, 1.807) is 7.11 Å². The molecule has 0 spiro atoms. The molecule has 19 heavy (non-hydrogen) atoms. The molecule has 3 heteroatoms. The van der Waals surface area contributed by atoms with Gasteiger partial charge in [-0.3, -0.25) is 4.79 Å². The minimum absolute atomic E-state index is 0.121. The van der Waals surface area contributed by atoms with E-state index >= 15 is 0 Å². The summed E-state index contributed by atoms with van der Waals surface area (Å²) in [6.45, 7) is 4.23. The fraction of sp³-hybridized carbons (Fsp3) is 0.562. The Balaban J connectivity index is 2.13. The van der Waals surface area contributed by atoms with Crippen molar-refractivity contribution in [2.45, 2.75) is 39.0 Å². The molecule has 0 radical (unpaired) electrons. The maximum absolute atomic E-state index is 10.9. The van der Waals surface area contributed by atoms with Crippen LogP contribution in [0.25, 0.3) is 0 Å². The minimum atomic E-state index is -0.643. The van der Waals surface area contributed by atoms with Crippen molar-refractivity contribution in [2.75, 3.05) is 7.11 Å². The summed E-state index contributed by atoms with van der Waals surface area (Å²) in [6.07, 6.45) is 2.80. The van der Waals surface area contributed by atoms with Crippen LogP contribution < -0.4 is 4.74 Å². The second-order valence-corrected chi connectivity index (χ2v) is 5.53. The molecule has 104 valence electrons. The summed E-state index contributed by atoms with van der Waals surface area (Å²) in [5.41, 5.74) is 2.45. The molecule has 3 nitrogen and oxygen atoms in total. The first-order valence-electron chi connectivity index (χ1n) is 6.94. The molecule has 1 aliphatic carbocycles. The highest BCUT2D eigenvalue weighted by Gasteiger charge is 2.44. The van der Waals surface area contributed by atoms with Gasteiger partial charge in [-0.15, -0.1) is 0 Å². The van der Waals surface area contributed by atoms with Crippen molar-refractivity contribution < 1.29 is 14.6 Å². The van der Waals surface area contributed by atoms with E-state index in [0.29, 0.717) is 11.8 Å². The Labute approximate surface area is 114 Å². The van der Waals surface area contributed by atoms with E-state index < -0.39 is 5.97 Å². The second kappa shape index (κ2) is 5.64. The molecule has 0 saturated heterocycles. The van der Waals surface area contributed by atoms with Gasteiger partial charge in [-0.25, -0.2) is 0 Å². The maximum atomic E-state index is 10.9.